The van der Waals surface area contributed by atoms with Gasteiger partial charge < -0.3 is 5.32 Å². The van der Waals surface area contributed by atoms with Gasteiger partial charge in [0, 0.05) is 11.9 Å². The maximum absolute atomic E-state index is 4.27. The molecule has 0 bridgehead atoms. The second-order valence-corrected chi connectivity index (χ2v) is 4.50. The van der Waals surface area contributed by atoms with Crippen LogP contribution in [0.15, 0.2) is 18.3 Å². The van der Waals surface area contributed by atoms with Gasteiger partial charge in [0.25, 0.3) is 0 Å². The molecule has 1 saturated heterocycles. The minimum atomic E-state index is 0.734. The Balaban J connectivity index is 2.20. The molecular formula is C13H20N2. The first-order valence-electron chi connectivity index (χ1n) is 5.94. The Hall–Kier alpha value is -0.890. The average Bonchev–Trinajstić information content (AvgIpc) is 2.29. The molecular weight excluding hydrogens is 184 g/mol. The minimum absolute atomic E-state index is 0.734. The summed E-state index contributed by atoms with van der Waals surface area (Å²) in [6, 6.07) is 4.43. The standard InChI is InChI=1S/C13H20N2/c1-3-11-9-14-6-5-13(11)12-4-7-15-10(2)8-12/h4,7-8,11,13-14H,3,5-6,9H2,1-2H3. The van der Waals surface area contributed by atoms with E-state index in [1.165, 1.54) is 24.9 Å². The fourth-order valence-electron chi connectivity index (χ4n) is 2.59. The maximum Gasteiger partial charge on any atom is 0.0375 e. The Morgan fingerprint density at radius 1 is 1.53 bits per heavy atom. The summed E-state index contributed by atoms with van der Waals surface area (Å²) in [5, 5.41) is 3.48. The summed E-state index contributed by atoms with van der Waals surface area (Å²) in [5.74, 6) is 1.53. The van der Waals surface area contributed by atoms with Gasteiger partial charge in [0.15, 0.2) is 0 Å². The summed E-state index contributed by atoms with van der Waals surface area (Å²) >= 11 is 0. The van der Waals surface area contributed by atoms with Crippen molar-refractivity contribution < 1.29 is 0 Å². The van der Waals surface area contributed by atoms with Gasteiger partial charge in [-0.3, -0.25) is 4.98 Å². The van der Waals surface area contributed by atoms with Gasteiger partial charge in [-0.1, -0.05) is 13.3 Å². The number of nitrogens with zero attached hydrogens (tertiary/aromatic N) is 1. The molecule has 82 valence electrons. The van der Waals surface area contributed by atoms with Crippen molar-refractivity contribution in [3.05, 3.63) is 29.6 Å². The molecule has 15 heavy (non-hydrogen) atoms. The number of pyridine rings is 1. The summed E-state index contributed by atoms with van der Waals surface area (Å²) in [7, 11) is 0. The van der Waals surface area contributed by atoms with E-state index in [2.05, 4.69) is 36.3 Å². The van der Waals surface area contributed by atoms with Gasteiger partial charge >= 0.3 is 0 Å². The Morgan fingerprint density at radius 3 is 3.13 bits per heavy atom. The molecule has 1 aliphatic heterocycles. The van der Waals surface area contributed by atoms with Crippen molar-refractivity contribution in [1.82, 2.24) is 10.3 Å². The first-order valence-corrected chi connectivity index (χ1v) is 5.94. The Morgan fingerprint density at radius 2 is 2.40 bits per heavy atom. The van der Waals surface area contributed by atoms with Crippen molar-refractivity contribution in [3.63, 3.8) is 0 Å². The van der Waals surface area contributed by atoms with E-state index < -0.39 is 0 Å². The van der Waals surface area contributed by atoms with Gasteiger partial charge in [-0.25, -0.2) is 0 Å². The van der Waals surface area contributed by atoms with Crippen LogP contribution in [0.2, 0.25) is 0 Å². The molecule has 2 heteroatoms. The van der Waals surface area contributed by atoms with E-state index in [0.29, 0.717) is 0 Å². The van der Waals surface area contributed by atoms with Gasteiger partial charge in [-0.05, 0) is 56.0 Å². The van der Waals surface area contributed by atoms with Crippen LogP contribution in [0.5, 0.6) is 0 Å². The van der Waals surface area contributed by atoms with Crippen molar-refractivity contribution >= 4 is 0 Å². The van der Waals surface area contributed by atoms with E-state index in [1.54, 1.807) is 0 Å². The zero-order valence-corrected chi connectivity index (χ0v) is 9.66. The summed E-state index contributed by atoms with van der Waals surface area (Å²) < 4.78 is 0. The van der Waals surface area contributed by atoms with Crippen LogP contribution in [0, 0.1) is 12.8 Å². The molecule has 1 N–H and O–H groups in total. The zero-order chi connectivity index (χ0) is 10.7. The quantitative estimate of drug-likeness (QED) is 0.800. The Kier molecular flexibility index (Phi) is 3.37. The SMILES string of the molecule is CCC1CNCCC1c1ccnc(C)c1. The number of hydrogen-bond donors (Lipinski definition) is 1. The van der Waals surface area contributed by atoms with Crippen LogP contribution < -0.4 is 5.32 Å². The summed E-state index contributed by atoms with van der Waals surface area (Å²) in [4.78, 5) is 4.27. The molecule has 1 fully saturated rings. The molecule has 0 amide bonds. The van der Waals surface area contributed by atoms with Crippen LogP contribution in [0.25, 0.3) is 0 Å². The molecule has 0 radical (unpaired) electrons. The van der Waals surface area contributed by atoms with Gasteiger partial charge in [0.2, 0.25) is 0 Å². The first-order chi connectivity index (χ1) is 7.31. The number of nitrogens with one attached hydrogen (secondary N) is 1. The highest BCUT2D eigenvalue weighted by Crippen LogP contribution is 2.32. The van der Waals surface area contributed by atoms with Crippen LogP contribution in [0.3, 0.4) is 0 Å². The lowest BCUT2D eigenvalue weighted by molar-refractivity contribution is 0.317. The largest absolute Gasteiger partial charge is 0.316 e. The molecule has 2 nitrogen and oxygen atoms in total. The van der Waals surface area contributed by atoms with Gasteiger partial charge in [0.05, 0.1) is 0 Å². The molecule has 2 unspecified atom stereocenters. The van der Waals surface area contributed by atoms with Gasteiger partial charge in [-0.2, -0.15) is 0 Å². The lowest BCUT2D eigenvalue weighted by Gasteiger charge is -2.31. The highest BCUT2D eigenvalue weighted by atomic mass is 14.9. The van der Waals surface area contributed by atoms with Crippen molar-refractivity contribution in [3.8, 4) is 0 Å². The summed E-state index contributed by atoms with van der Waals surface area (Å²) in [6.07, 6.45) is 4.47. The Bertz CT molecular complexity index is 322. The maximum atomic E-state index is 4.27. The normalized spacial score (nSPS) is 26.5. The van der Waals surface area contributed by atoms with E-state index in [-0.39, 0.29) is 0 Å². The molecule has 2 heterocycles. The van der Waals surface area contributed by atoms with Gasteiger partial charge in [-0.15, -0.1) is 0 Å². The second kappa shape index (κ2) is 4.75. The van der Waals surface area contributed by atoms with E-state index in [1.807, 2.05) is 6.20 Å². The third kappa shape index (κ3) is 2.37. The van der Waals surface area contributed by atoms with Crippen LogP contribution in [0.1, 0.15) is 36.9 Å². The van der Waals surface area contributed by atoms with E-state index >= 15 is 0 Å². The summed E-state index contributed by atoms with van der Waals surface area (Å²) in [5.41, 5.74) is 2.62. The predicted octanol–water partition coefficient (Wildman–Crippen LogP) is 2.49. The predicted molar refractivity (Wildman–Crippen MR) is 63.0 cm³/mol. The summed E-state index contributed by atoms with van der Waals surface area (Å²) in [6.45, 7) is 6.69. The minimum Gasteiger partial charge on any atom is -0.316 e. The smallest absolute Gasteiger partial charge is 0.0375 e. The number of piperidine rings is 1. The molecule has 2 atom stereocenters. The van der Waals surface area contributed by atoms with E-state index in [0.717, 1.165) is 24.1 Å². The third-order valence-electron chi connectivity index (χ3n) is 3.48. The molecule has 2 rings (SSSR count). The highest BCUT2D eigenvalue weighted by molar-refractivity contribution is 5.21. The number of aromatic nitrogens is 1. The molecule has 1 aromatic heterocycles. The lowest BCUT2D eigenvalue weighted by atomic mass is 9.80. The van der Waals surface area contributed by atoms with Crippen LogP contribution in [-0.2, 0) is 0 Å². The van der Waals surface area contributed by atoms with Crippen LogP contribution >= 0.6 is 0 Å². The third-order valence-corrected chi connectivity index (χ3v) is 3.48. The van der Waals surface area contributed by atoms with Crippen LogP contribution in [0.4, 0.5) is 0 Å². The monoisotopic (exact) mass is 204 g/mol. The first kappa shape index (κ1) is 10.6. The Labute approximate surface area is 92.1 Å². The topological polar surface area (TPSA) is 24.9 Å². The van der Waals surface area contributed by atoms with Crippen LogP contribution in [-0.4, -0.2) is 18.1 Å². The van der Waals surface area contributed by atoms with Gasteiger partial charge in [0.1, 0.15) is 0 Å². The number of aryl methyl sites for hydroxylation is 1. The van der Waals surface area contributed by atoms with E-state index in [4.69, 9.17) is 0 Å². The van der Waals surface area contributed by atoms with E-state index in [9.17, 15) is 0 Å². The molecule has 1 aromatic rings. The fourth-order valence-corrected chi connectivity index (χ4v) is 2.59. The molecule has 0 spiro atoms. The molecule has 0 saturated carbocycles. The van der Waals surface area contributed by atoms with Crippen molar-refractivity contribution in [2.45, 2.75) is 32.6 Å². The fraction of sp³-hybridized carbons (Fsp3) is 0.615. The average molecular weight is 204 g/mol. The lowest BCUT2D eigenvalue weighted by Crippen LogP contribution is -2.35. The second-order valence-electron chi connectivity index (χ2n) is 4.50. The molecule has 0 aromatic carbocycles. The molecule has 0 aliphatic carbocycles. The van der Waals surface area contributed by atoms with Crippen molar-refractivity contribution in [1.29, 1.82) is 0 Å². The highest BCUT2D eigenvalue weighted by Gasteiger charge is 2.24. The number of hydrogen-bond acceptors (Lipinski definition) is 2. The van der Waals surface area contributed by atoms with Crippen molar-refractivity contribution in [2.75, 3.05) is 13.1 Å². The zero-order valence-electron chi connectivity index (χ0n) is 9.66. The van der Waals surface area contributed by atoms with Crippen molar-refractivity contribution in [2.24, 2.45) is 5.92 Å². The number of rotatable bonds is 2. The molecule has 1 aliphatic rings.